The minimum Gasteiger partial charge on any atom is -0.504 e. The molecule has 0 amide bonds. The molecule has 0 aliphatic heterocycles. The first-order chi connectivity index (χ1) is 14.6. The van der Waals surface area contributed by atoms with Gasteiger partial charge in [-0.05, 0) is 36.4 Å². The summed E-state index contributed by atoms with van der Waals surface area (Å²) < 4.78 is 16.6. The zero-order chi connectivity index (χ0) is 20.9. The summed E-state index contributed by atoms with van der Waals surface area (Å²) >= 11 is 0. The van der Waals surface area contributed by atoms with E-state index in [9.17, 15) is 15.3 Å². The van der Waals surface area contributed by atoms with Gasteiger partial charge in [0, 0.05) is 0 Å². The number of nitrogens with zero attached hydrogens (tertiary/aromatic N) is 3. The number of rotatable bonds is 6. The van der Waals surface area contributed by atoms with Crippen LogP contribution in [0.3, 0.4) is 0 Å². The number of benzene rings is 3. The lowest BCUT2D eigenvalue weighted by Gasteiger charge is -2.11. The molecule has 0 saturated carbocycles. The molecule has 0 saturated heterocycles. The molecule has 0 fully saturated rings. The Labute approximate surface area is 170 Å². The summed E-state index contributed by atoms with van der Waals surface area (Å²) in [5.41, 5.74) is 0. The number of hydrogen-bond acceptors (Lipinski definition) is 9. The average molecular weight is 405 g/mol. The Hall–Kier alpha value is -4.53. The Kier molecular flexibility index (Phi) is 5.16. The van der Waals surface area contributed by atoms with Gasteiger partial charge in [0.15, 0.2) is 34.5 Å². The van der Waals surface area contributed by atoms with E-state index >= 15 is 0 Å². The molecule has 0 unspecified atom stereocenters. The van der Waals surface area contributed by atoms with Crippen molar-refractivity contribution < 1.29 is 29.5 Å². The lowest BCUT2D eigenvalue weighted by molar-refractivity contribution is 0.337. The fourth-order valence-electron chi connectivity index (χ4n) is 2.38. The van der Waals surface area contributed by atoms with E-state index in [1.165, 1.54) is 36.4 Å². The van der Waals surface area contributed by atoms with Crippen molar-refractivity contribution in [3.8, 4) is 52.5 Å². The van der Waals surface area contributed by atoms with Crippen molar-refractivity contribution in [3.63, 3.8) is 0 Å². The van der Waals surface area contributed by atoms with Gasteiger partial charge in [-0.3, -0.25) is 0 Å². The summed E-state index contributed by atoms with van der Waals surface area (Å²) in [6, 6.07) is 18.1. The highest BCUT2D eigenvalue weighted by Crippen LogP contribution is 2.34. The standard InChI is InChI=1S/C21H15N3O6/c25-13-7-1-4-10-16(13)28-19-22-20(29-17-11-5-2-8-14(17)26)24-21(23-19)30-18-12-6-3-9-15(18)27/h1-12,25-27H. The minimum absolute atomic E-state index is 0.103. The molecule has 3 N–H and O–H groups in total. The van der Waals surface area contributed by atoms with Gasteiger partial charge in [0.1, 0.15) is 0 Å². The predicted octanol–water partition coefficient (Wildman–Crippen LogP) is 4.37. The number of aromatic hydroxyl groups is 3. The molecule has 30 heavy (non-hydrogen) atoms. The monoisotopic (exact) mass is 405 g/mol. The van der Waals surface area contributed by atoms with E-state index in [-0.39, 0.29) is 52.5 Å². The van der Waals surface area contributed by atoms with Crippen LogP contribution in [-0.4, -0.2) is 30.3 Å². The Morgan fingerprint density at radius 3 is 0.967 bits per heavy atom. The largest absolute Gasteiger partial charge is 0.504 e. The second-order valence-electron chi connectivity index (χ2n) is 5.89. The van der Waals surface area contributed by atoms with Crippen LogP contribution in [0.1, 0.15) is 0 Å². The Morgan fingerprint density at radius 1 is 0.433 bits per heavy atom. The smallest absolute Gasteiger partial charge is 0.331 e. The molecule has 3 aromatic carbocycles. The highest BCUT2D eigenvalue weighted by molar-refractivity contribution is 5.42. The quantitative estimate of drug-likeness (QED) is 0.428. The predicted molar refractivity (Wildman–Crippen MR) is 104 cm³/mol. The molecule has 9 nitrogen and oxygen atoms in total. The van der Waals surface area contributed by atoms with E-state index in [0.717, 1.165) is 0 Å². The van der Waals surface area contributed by atoms with Gasteiger partial charge in [-0.1, -0.05) is 36.4 Å². The number of phenols is 3. The maximum absolute atomic E-state index is 9.93. The van der Waals surface area contributed by atoms with Crippen molar-refractivity contribution >= 4 is 0 Å². The van der Waals surface area contributed by atoms with Gasteiger partial charge in [0.2, 0.25) is 0 Å². The number of hydrogen-bond donors (Lipinski definition) is 3. The van der Waals surface area contributed by atoms with Gasteiger partial charge in [-0.25, -0.2) is 0 Å². The third-order valence-corrected chi connectivity index (χ3v) is 3.77. The summed E-state index contributed by atoms with van der Waals surface area (Å²) in [7, 11) is 0. The van der Waals surface area contributed by atoms with Crippen LogP contribution in [0.5, 0.6) is 52.5 Å². The Balaban J connectivity index is 1.70. The van der Waals surface area contributed by atoms with Crippen LogP contribution in [0, 0.1) is 0 Å². The molecule has 1 heterocycles. The average Bonchev–Trinajstić information content (AvgIpc) is 2.73. The lowest BCUT2D eigenvalue weighted by Crippen LogP contribution is -2.01. The van der Waals surface area contributed by atoms with E-state index in [0.29, 0.717) is 0 Å². The number of phenolic OH excluding ortho intramolecular Hbond substituents is 3. The molecule has 0 radical (unpaired) electrons. The van der Waals surface area contributed by atoms with Crippen LogP contribution in [0.15, 0.2) is 72.8 Å². The molecule has 0 spiro atoms. The summed E-state index contributed by atoms with van der Waals surface area (Å²) in [6.45, 7) is 0. The summed E-state index contributed by atoms with van der Waals surface area (Å²) in [5.74, 6) is -0.0556. The van der Waals surface area contributed by atoms with Crippen LogP contribution in [0.2, 0.25) is 0 Å². The molecule has 0 aliphatic rings. The zero-order valence-corrected chi connectivity index (χ0v) is 15.3. The number of para-hydroxylation sites is 6. The second kappa shape index (κ2) is 8.23. The maximum atomic E-state index is 9.93. The van der Waals surface area contributed by atoms with E-state index in [1.54, 1.807) is 36.4 Å². The highest BCUT2D eigenvalue weighted by atomic mass is 16.5. The van der Waals surface area contributed by atoms with Crippen LogP contribution >= 0.6 is 0 Å². The van der Waals surface area contributed by atoms with Crippen LogP contribution < -0.4 is 14.2 Å². The fraction of sp³-hybridized carbons (Fsp3) is 0. The van der Waals surface area contributed by atoms with Crippen molar-refractivity contribution in [2.24, 2.45) is 0 Å². The molecule has 9 heteroatoms. The second-order valence-corrected chi connectivity index (χ2v) is 5.89. The van der Waals surface area contributed by atoms with Gasteiger partial charge in [0.05, 0.1) is 0 Å². The first kappa shape index (κ1) is 18.8. The fourth-order valence-corrected chi connectivity index (χ4v) is 2.38. The molecule has 0 aliphatic carbocycles. The SMILES string of the molecule is Oc1ccccc1Oc1nc(Oc2ccccc2O)nc(Oc2ccccc2O)n1. The molecule has 4 aromatic rings. The summed E-state index contributed by atoms with van der Waals surface area (Å²) in [5, 5.41) is 29.8. The maximum Gasteiger partial charge on any atom is 0.331 e. The Bertz CT molecular complexity index is 1030. The first-order valence-corrected chi connectivity index (χ1v) is 8.72. The van der Waals surface area contributed by atoms with Crippen LogP contribution in [0.4, 0.5) is 0 Å². The van der Waals surface area contributed by atoms with Crippen LogP contribution in [-0.2, 0) is 0 Å². The van der Waals surface area contributed by atoms with Gasteiger partial charge >= 0.3 is 18.0 Å². The summed E-state index contributed by atoms with van der Waals surface area (Å²) in [6.07, 6.45) is 0. The van der Waals surface area contributed by atoms with Crippen molar-refractivity contribution in [1.29, 1.82) is 0 Å². The van der Waals surface area contributed by atoms with Crippen molar-refractivity contribution in [3.05, 3.63) is 72.8 Å². The van der Waals surface area contributed by atoms with Gasteiger partial charge in [-0.15, -0.1) is 15.0 Å². The van der Waals surface area contributed by atoms with E-state index in [4.69, 9.17) is 14.2 Å². The molecule has 0 bridgehead atoms. The third kappa shape index (κ3) is 4.30. The van der Waals surface area contributed by atoms with Gasteiger partial charge in [-0.2, -0.15) is 0 Å². The van der Waals surface area contributed by atoms with Crippen LogP contribution in [0.25, 0.3) is 0 Å². The van der Waals surface area contributed by atoms with E-state index in [2.05, 4.69) is 15.0 Å². The minimum atomic E-state index is -0.234. The number of ether oxygens (including phenoxy) is 3. The Morgan fingerprint density at radius 2 is 0.700 bits per heavy atom. The first-order valence-electron chi connectivity index (χ1n) is 8.72. The van der Waals surface area contributed by atoms with Crippen molar-refractivity contribution in [1.82, 2.24) is 15.0 Å². The molecular weight excluding hydrogens is 390 g/mol. The van der Waals surface area contributed by atoms with Crippen molar-refractivity contribution in [2.75, 3.05) is 0 Å². The van der Waals surface area contributed by atoms with Gasteiger partial charge < -0.3 is 29.5 Å². The summed E-state index contributed by atoms with van der Waals surface area (Å²) in [4.78, 5) is 12.1. The highest BCUT2D eigenvalue weighted by Gasteiger charge is 2.16. The van der Waals surface area contributed by atoms with E-state index < -0.39 is 0 Å². The zero-order valence-electron chi connectivity index (χ0n) is 15.3. The molecule has 4 rings (SSSR count). The third-order valence-electron chi connectivity index (χ3n) is 3.77. The molecule has 1 aromatic heterocycles. The molecule has 0 atom stereocenters. The van der Waals surface area contributed by atoms with Crippen molar-refractivity contribution in [2.45, 2.75) is 0 Å². The van der Waals surface area contributed by atoms with E-state index in [1.807, 2.05) is 0 Å². The normalized spacial score (nSPS) is 10.4. The number of aromatic nitrogens is 3. The topological polar surface area (TPSA) is 127 Å². The van der Waals surface area contributed by atoms with Gasteiger partial charge in [0.25, 0.3) is 0 Å². The lowest BCUT2D eigenvalue weighted by atomic mass is 10.3. The molecule has 150 valence electrons. The molecular formula is C21H15N3O6.